The molecule has 2 atom stereocenters. The molecule has 0 spiro atoms. The molecule has 0 saturated heterocycles. The molecule has 20 heavy (non-hydrogen) atoms. The fourth-order valence-electron chi connectivity index (χ4n) is 2.63. The quantitative estimate of drug-likeness (QED) is 0.725. The Morgan fingerprint density at radius 2 is 2.05 bits per heavy atom. The Kier molecular flexibility index (Phi) is 3.31. The minimum atomic E-state index is -0.200. The Morgan fingerprint density at radius 3 is 2.80 bits per heavy atom. The highest BCUT2D eigenvalue weighted by molar-refractivity contribution is 5.59. The van der Waals surface area contributed by atoms with E-state index in [1.54, 1.807) is 6.07 Å². The number of hydrogen-bond acceptors (Lipinski definition) is 6. The summed E-state index contributed by atoms with van der Waals surface area (Å²) in [5, 5.41) is 22.7. The van der Waals surface area contributed by atoms with Crippen LogP contribution in [0.2, 0.25) is 0 Å². The zero-order valence-corrected chi connectivity index (χ0v) is 11.0. The standard InChI is InChI=1S/C14H17N3O3/c15-10-3-1-2-9(6-10)14-16-13(17-20-14)8-4-5-11(18)12(19)7-8/h4-5,7,9-10,18-19H,1-3,6,15H2. The molecule has 6 heteroatoms. The molecule has 2 unspecified atom stereocenters. The van der Waals surface area contributed by atoms with E-state index in [0.717, 1.165) is 25.7 Å². The molecule has 2 aromatic rings. The van der Waals surface area contributed by atoms with Gasteiger partial charge in [0.1, 0.15) is 0 Å². The molecule has 1 aliphatic rings. The zero-order chi connectivity index (χ0) is 14.1. The lowest BCUT2D eigenvalue weighted by Crippen LogP contribution is -2.26. The second-order valence-corrected chi connectivity index (χ2v) is 5.28. The average Bonchev–Trinajstić information content (AvgIpc) is 2.92. The first kappa shape index (κ1) is 12.9. The van der Waals surface area contributed by atoms with Crippen LogP contribution in [0.1, 0.15) is 37.5 Å². The number of phenols is 2. The molecule has 0 amide bonds. The SMILES string of the molecule is NC1CCCC(c2nc(-c3ccc(O)c(O)c3)no2)C1. The summed E-state index contributed by atoms with van der Waals surface area (Å²) in [5.74, 6) is 0.854. The summed E-state index contributed by atoms with van der Waals surface area (Å²) in [4.78, 5) is 4.38. The molecule has 6 nitrogen and oxygen atoms in total. The molecule has 0 bridgehead atoms. The van der Waals surface area contributed by atoms with Crippen molar-refractivity contribution in [1.29, 1.82) is 0 Å². The fourth-order valence-corrected chi connectivity index (χ4v) is 2.63. The van der Waals surface area contributed by atoms with E-state index >= 15 is 0 Å². The lowest BCUT2D eigenvalue weighted by Gasteiger charge is -2.23. The van der Waals surface area contributed by atoms with E-state index in [1.165, 1.54) is 12.1 Å². The van der Waals surface area contributed by atoms with Gasteiger partial charge >= 0.3 is 0 Å². The maximum absolute atomic E-state index is 9.50. The first-order valence-corrected chi connectivity index (χ1v) is 6.75. The van der Waals surface area contributed by atoms with E-state index in [0.29, 0.717) is 17.3 Å². The van der Waals surface area contributed by atoms with Gasteiger partial charge in [0.25, 0.3) is 0 Å². The molecule has 0 aliphatic heterocycles. The van der Waals surface area contributed by atoms with E-state index in [9.17, 15) is 10.2 Å². The van der Waals surface area contributed by atoms with Crippen LogP contribution in [0.25, 0.3) is 11.4 Å². The maximum Gasteiger partial charge on any atom is 0.230 e. The van der Waals surface area contributed by atoms with E-state index < -0.39 is 0 Å². The molecule has 3 rings (SSSR count). The van der Waals surface area contributed by atoms with E-state index in [-0.39, 0.29) is 23.5 Å². The Bertz CT molecular complexity index is 611. The highest BCUT2D eigenvalue weighted by Gasteiger charge is 2.25. The molecule has 1 saturated carbocycles. The molecule has 106 valence electrons. The highest BCUT2D eigenvalue weighted by Crippen LogP contribution is 2.33. The van der Waals surface area contributed by atoms with Crippen molar-refractivity contribution in [2.75, 3.05) is 0 Å². The predicted molar refractivity (Wildman–Crippen MR) is 72.2 cm³/mol. The fraction of sp³-hybridized carbons (Fsp3) is 0.429. The molecule has 0 radical (unpaired) electrons. The second kappa shape index (κ2) is 5.13. The van der Waals surface area contributed by atoms with Gasteiger partial charge in [-0.2, -0.15) is 4.98 Å². The summed E-state index contributed by atoms with van der Waals surface area (Å²) in [6.45, 7) is 0. The minimum Gasteiger partial charge on any atom is -0.504 e. The van der Waals surface area contributed by atoms with Gasteiger partial charge in [0, 0.05) is 17.5 Å². The summed E-state index contributed by atoms with van der Waals surface area (Å²) in [7, 11) is 0. The molecular weight excluding hydrogens is 258 g/mol. The van der Waals surface area contributed by atoms with Crippen LogP contribution in [-0.2, 0) is 0 Å². The average molecular weight is 275 g/mol. The van der Waals surface area contributed by atoms with E-state index in [4.69, 9.17) is 10.3 Å². The van der Waals surface area contributed by atoms with Gasteiger partial charge in [0.05, 0.1) is 0 Å². The number of nitrogens with zero attached hydrogens (tertiary/aromatic N) is 2. The number of nitrogens with two attached hydrogens (primary N) is 1. The third kappa shape index (κ3) is 2.46. The van der Waals surface area contributed by atoms with Crippen molar-refractivity contribution in [3.05, 3.63) is 24.1 Å². The van der Waals surface area contributed by atoms with Gasteiger partial charge in [-0.25, -0.2) is 0 Å². The number of aromatic hydroxyl groups is 2. The molecule has 4 N–H and O–H groups in total. The van der Waals surface area contributed by atoms with Crippen molar-refractivity contribution in [2.24, 2.45) is 5.73 Å². The van der Waals surface area contributed by atoms with Gasteiger partial charge in [-0.3, -0.25) is 0 Å². The third-order valence-electron chi connectivity index (χ3n) is 3.74. The first-order chi connectivity index (χ1) is 9.63. The molecule has 1 heterocycles. The van der Waals surface area contributed by atoms with Crippen LogP contribution in [0.5, 0.6) is 11.5 Å². The van der Waals surface area contributed by atoms with Gasteiger partial charge < -0.3 is 20.5 Å². The van der Waals surface area contributed by atoms with Gasteiger partial charge in [0.2, 0.25) is 11.7 Å². The van der Waals surface area contributed by atoms with Gasteiger partial charge in [0.15, 0.2) is 11.5 Å². The predicted octanol–water partition coefficient (Wildman–Crippen LogP) is 2.13. The Labute approximate surface area is 116 Å². The Morgan fingerprint density at radius 1 is 1.20 bits per heavy atom. The Balaban J connectivity index is 1.84. The van der Waals surface area contributed by atoms with Crippen LogP contribution in [0.4, 0.5) is 0 Å². The molecule has 1 aromatic carbocycles. The molecule has 1 fully saturated rings. The minimum absolute atomic E-state index is 0.171. The van der Waals surface area contributed by atoms with Crippen molar-refractivity contribution >= 4 is 0 Å². The third-order valence-corrected chi connectivity index (χ3v) is 3.74. The zero-order valence-electron chi connectivity index (χ0n) is 11.0. The monoisotopic (exact) mass is 275 g/mol. The van der Waals surface area contributed by atoms with Gasteiger partial charge in [-0.05, 0) is 37.5 Å². The number of benzene rings is 1. The summed E-state index contributed by atoms with van der Waals surface area (Å²) in [6, 6.07) is 4.64. The maximum atomic E-state index is 9.50. The van der Waals surface area contributed by atoms with Gasteiger partial charge in [-0.15, -0.1) is 0 Å². The smallest absolute Gasteiger partial charge is 0.230 e. The Hall–Kier alpha value is -2.08. The van der Waals surface area contributed by atoms with Crippen LogP contribution in [0.3, 0.4) is 0 Å². The summed E-state index contributed by atoms with van der Waals surface area (Å²) < 4.78 is 5.32. The highest BCUT2D eigenvalue weighted by atomic mass is 16.5. The largest absolute Gasteiger partial charge is 0.504 e. The summed E-state index contributed by atoms with van der Waals surface area (Å²) in [6.07, 6.45) is 3.99. The first-order valence-electron chi connectivity index (χ1n) is 6.75. The van der Waals surface area contributed by atoms with Crippen LogP contribution >= 0.6 is 0 Å². The summed E-state index contributed by atoms with van der Waals surface area (Å²) >= 11 is 0. The van der Waals surface area contributed by atoms with E-state index in [1.807, 2.05) is 0 Å². The molecule has 1 aliphatic carbocycles. The number of phenolic OH excluding ortho intramolecular Hbond substituents is 2. The number of rotatable bonds is 2. The lowest BCUT2D eigenvalue weighted by molar-refractivity contribution is 0.299. The van der Waals surface area contributed by atoms with Crippen LogP contribution in [0.15, 0.2) is 22.7 Å². The number of aromatic nitrogens is 2. The topological polar surface area (TPSA) is 105 Å². The normalized spacial score (nSPS) is 22.9. The second-order valence-electron chi connectivity index (χ2n) is 5.28. The van der Waals surface area contributed by atoms with E-state index in [2.05, 4.69) is 10.1 Å². The van der Waals surface area contributed by atoms with Crippen LogP contribution in [0, 0.1) is 0 Å². The van der Waals surface area contributed by atoms with Crippen molar-refractivity contribution < 1.29 is 14.7 Å². The summed E-state index contributed by atoms with van der Waals surface area (Å²) in [5.41, 5.74) is 6.57. The van der Waals surface area contributed by atoms with Crippen molar-refractivity contribution in [1.82, 2.24) is 10.1 Å². The van der Waals surface area contributed by atoms with Crippen LogP contribution < -0.4 is 5.73 Å². The van der Waals surface area contributed by atoms with Gasteiger partial charge in [-0.1, -0.05) is 11.6 Å². The number of hydrogen-bond donors (Lipinski definition) is 3. The lowest BCUT2D eigenvalue weighted by atomic mass is 9.86. The van der Waals surface area contributed by atoms with Crippen LogP contribution in [-0.4, -0.2) is 26.4 Å². The van der Waals surface area contributed by atoms with Crippen molar-refractivity contribution in [3.8, 4) is 22.9 Å². The van der Waals surface area contributed by atoms with Crippen molar-refractivity contribution in [2.45, 2.75) is 37.6 Å². The molecule has 1 aromatic heterocycles. The molecular formula is C14H17N3O3. The van der Waals surface area contributed by atoms with Crippen molar-refractivity contribution in [3.63, 3.8) is 0 Å².